The van der Waals surface area contributed by atoms with Crippen molar-refractivity contribution in [1.82, 2.24) is 0 Å². The summed E-state index contributed by atoms with van der Waals surface area (Å²) in [6, 6.07) is 5.57. The molecule has 1 aromatic rings. The Hall–Kier alpha value is -2.04. The number of fused-ring (bicyclic) bond motifs is 1. The molecule has 100 valence electrons. The predicted molar refractivity (Wildman–Crippen MR) is 68.4 cm³/mol. The Kier molecular flexibility index (Phi) is 2.52. The maximum atomic E-state index is 11.8. The van der Waals surface area contributed by atoms with Crippen LogP contribution in [0.3, 0.4) is 0 Å². The normalized spacial score (nSPS) is 28.6. The van der Waals surface area contributed by atoms with E-state index in [0.717, 1.165) is 11.3 Å². The van der Waals surface area contributed by atoms with Crippen LogP contribution in [-0.2, 0) is 9.59 Å². The number of nitrogens with zero attached hydrogens (tertiary/aromatic N) is 1. The van der Waals surface area contributed by atoms with Crippen molar-refractivity contribution in [3.63, 3.8) is 0 Å². The highest BCUT2D eigenvalue weighted by atomic mass is 16.5. The highest BCUT2D eigenvalue weighted by Gasteiger charge is 2.44. The Labute approximate surface area is 110 Å². The van der Waals surface area contributed by atoms with E-state index in [0.29, 0.717) is 12.2 Å². The zero-order valence-corrected chi connectivity index (χ0v) is 10.8. The van der Waals surface area contributed by atoms with Gasteiger partial charge in [-0.15, -0.1) is 0 Å². The van der Waals surface area contributed by atoms with Gasteiger partial charge in [-0.2, -0.15) is 0 Å². The number of carbonyl (C=O) groups excluding carboxylic acids is 1. The van der Waals surface area contributed by atoms with E-state index in [9.17, 15) is 9.59 Å². The van der Waals surface area contributed by atoms with Gasteiger partial charge >= 0.3 is 5.97 Å². The summed E-state index contributed by atoms with van der Waals surface area (Å²) in [6.45, 7) is 1.71. The van der Waals surface area contributed by atoms with Crippen molar-refractivity contribution < 1.29 is 19.4 Å². The molecule has 5 heteroatoms. The smallest absolute Gasteiger partial charge is 0.307 e. The zero-order valence-electron chi connectivity index (χ0n) is 10.8. The lowest BCUT2D eigenvalue weighted by atomic mass is 10.1. The molecule has 3 rings (SSSR count). The second-order valence-electron chi connectivity index (χ2n) is 5.17. The molecule has 3 atom stereocenters. The van der Waals surface area contributed by atoms with E-state index in [1.54, 1.807) is 18.9 Å². The van der Waals surface area contributed by atoms with Crippen LogP contribution in [0.4, 0.5) is 5.69 Å². The van der Waals surface area contributed by atoms with Crippen LogP contribution < -0.4 is 9.64 Å². The average molecular weight is 261 g/mol. The highest BCUT2D eigenvalue weighted by molar-refractivity contribution is 5.99. The maximum absolute atomic E-state index is 11.8. The highest BCUT2D eigenvalue weighted by Crippen LogP contribution is 2.49. The van der Waals surface area contributed by atoms with Gasteiger partial charge in [-0.1, -0.05) is 6.07 Å². The summed E-state index contributed by atoms with van der Waals surface area (Å²) >= 11 is 0. The van der Waals surface area contributed by atoms with Crippen LogP contribution in [-0.4, -0.2) is 30.1 Å². The molecule has 1 aromatic carbocycles. The number of carboxylic acids is 1. The number of carbonyl (C=O) groups is 2. The van der Waals surface area contributed by atoms with Crippen LogP contribution in [0, 0.1) is 5.92 Å². The van der Waals surface area contributed by atoms with Gasteiger partial charge in [0.15, 0.2) is 6.10 Å². The third-order valence-electron chi connectivity index (χ3n) is 3.86. The lowest BCUT2D eigenvalue weighted by molar-refractivity contribution is -0.138. The lowest BCUT2D eigenvalue weighted by Crippen LogP contribution is -2.41. The van der Waals surface area contributed by atoms with Gasteiger partial charge in [-0.05, 0) is 37.0 Å². The summed E-state index contributed by atoms with van der Waals surface area (Å²) in [5.74, 6) is -0.370. The Morgan fingerprint density at radius 3 is 2.84 bits per heavy atom. The fourth-order valence-corrected chi connectivity index (χ4v) is 2.60. The minimum absolute atomic E-state index is 0.0737. The molecule has 1 aliphatic carbocycles. The molecule has 1 N–H and O–H groups in total. The molecule has 5 nitrogen and oxygen atoms in total. The van der Waals surface area contributed by atoms with E-state index in [-0.39, 0.29) is 17.7 Å². The molecule has 0 spiro atoms. The summed E-state index contributed by atoms with van der Waals surface area (Å²) in [6.07, 6.45) is 0.181. The molecule has 0 aromatic heterocycles. The Balaban J connectivity index is 1.91. The minimum atomic E-state index is -0.746. The van der Waals surface area contributed by atoms with Gasteiger partial charge in [0.25, 0.3) is 5.91 Å². The fraction of sp³-hybridized carbons (Fsp3) is 0.429. The average Bonchev–Trinajstić information content (AvgIpc) is 3.16. The van der Waals surface area contributed by atoms with Crippen LogP contribution in [0.25, 0.3) is 0 Å². The number of aliphatic carboxylic acids is 1. The van der Waals surface area contributed by atoms with E-state index < -0.39 is 12.1 Å². The summed E-state index contributed by atoms with van der Waals surface area (Å²) in [7, 11) is 1.72. The molecule has 1 heterocycles. The molecule has 19 heavy (non-hydrogen) atoms. The van der Waals surface area contributed by atoms with Crippen molar-refractivity contribution in [1.29, 1.82) is 0 Å². The van der Waals surface area contributed by atoms with Crippen molar-refractivity contribution in [2.45, 2.75) is 25.4 Å². The Morgan fingerprint density at radius 1 is 1.47 bits per heavy atom. The van der Waals surface area contributed by atoms with Crippen LogP contribution in [0.2, 0.25) is 0 Å². The second-order valence-corrected chi connectivity index (χ2v) is 5.17. The van der Waals surface area contributed by atoms with Crippen LogP contribution in [0.5, 0.6) is 5.75 Å². The Morgan fingerprint density at radius 2 is 2.21 bits per heavy atom. The van der Waals surface area contributed by atoms with Gasteiger partial charge in [0.1, 0.15) is 5.75 Å². The van der Waals surface area contributed by atoms with Crippen molar-refractivity contribution >= 4 is 17.6 Å². The molecule has 0 bridgehead atoms. The first-order chi connectivity index (χ1) is 8.99. The number of rotatable bonds is 2. The summed E-state index contributed by atoms with van der Waals surface area (Å²) in [5.41, 5.74) is 1.71. The van der Waals surface area contributed by atoms with Gasteiger partial charge in [-0.3, -0.25) is 9.59 Å². The first-order valence-corrected chi connectivity index (χ1v) is 6.30. The SMILES string of the molecule is CC1Oc2cc(C3CC3C(=O)O)ccc2N(C)C1=O. The molecular weight excluding hydrogens is 246 g/mol. The number of ether oxygens (including phenoxy) is 1. The molecule has 3 unspecified atom stereocenters. The van der Waals surface area contributed by atoms with E-state index in [1.165, 1.54) is 0 Å². The lowest BCUT2D eigenvalue weighted by Gasteiger charge is -2.30. The quantitative estimate of drug-likeness (QED) is 0.878. The fourth-order valence-electron chi connectivity index (χ4n) is 2.60. The molecule has 0 radical (unpaired) electrons. The first kappa shape index (κ1) is 12.0. The van der Waals surface area contributed by atoms with E-state index in [2.05, 4.69) is 0 Å². The topological polar surface area (TPSA) is 66.8 Å². The zero-order chi connectivity index (χ0) is 13.7. The van der Waals surface area contributed by atoms with E-state index in [1.807, 2.05) is 18.2 Å². The van der Waals surface area contributed by atoms with Gasteiger partial charge in [-0.25, -0.2) is 0 Å². The molecule has 1 aliphatic heterocycles. The minimum Gasteiger partial charge on any atom is -0.481 e. The summed E-state index contributed by atoms with van der Waals surface area (Å²) < 4.78 is 5.59. The third-order valence-corrected chi connectivity index (χ3v) is 3.86. The van der Waals surface area contributed by atoms with Crippen LogP contribution >= 0.6 is 0 Å². The number of carboxylic acid groups (broad SMARTS) is 1. The molecule has 2 aliphatic rings. The van der Waals surface area contributed by atoms with Crippen LogP contribution in [0.15, 0.2) is 18.2 Å². The first-order valence-electron chi connectivity index (χ1n) is 6.30. The number of amides is 1. The van der Waals surface area contributed by atoms with Crippen molar-refractivity contribution in [3.05, 3.63) is 23.8 Å². The summed E-state index contributed by atoms with van der Waals surface area (Å²) in [5, 5.41) is 8.96. The van der Waals surface area contributed by atoms with Gasteiger partial charge in [0, 0.05) is 7.05 Å². The van der Waals surface area contributed by atoms with Crippen molar-refractivity contribution in [2.75, 3.05) is 11.9 Å². The number of hydrogen-bond acceptors (Lipinski definition) is 3. The monoisotopic (exact) mass is 261 g/mol. The number of anilines is 1. The van der Waals surface area contributed by atoms with Gasteiger partial charge < -0.3 is 14.7 Å². The van der Waals surface area contributed by atoms with E-state index >= 15 is 0 Å². The molecule has 1 saturated carbocycles. The van der Waals surface area contributed by atoms with Crippen LogP contribution in [0.1, 0.15) is 24.8 Å². The second kappa shape index (κ2) is 3.98. The Bertz CT molecular complexity index is 569. The molecule has 1 fully saturated rings. The third kappa shape index (κ3) is 1.85. The predicted octanol–water partition coefficient (Wildman–Crippen LogP) is 1.62. The van der Waals surface area contributed by atoms with Crippen molar-refractivity contribution in [2.24, 2.45) is 5.92 Å². The summed E-state index contributed by atoms with van der Waals surface area (Å²) in [4.78, 5) is 24.3. The van der Waals surface area contributed by atoms with Crippen molar-refractivity contribution in [3.8, 4) is 5.75 Å². The maximum Gasteiger partial charge on any atom is 0.307 e. The van der Waals surface area contributed by atoms with Gasteiger partial charge in [0.05, 0.1) is 11.6 Å². The number of likely N-dealkylation sites (N-methyl/N-ethyl adjacent to an activating group) is 1. The molecule has 0 saturated heterocycles. The molecular formula is C14H15NO4. The number of benzene rings is 1. The van der Waals surface area contributed by atoms with Gasteiger partial charge in [0.2, 0.25) is 0 Å². The largest absolute Gasteiger partial charge is 0.481 e. The molecule has 1 amide bonds. The number of hydrogen-bond donors (Lipinski definition) is 1. The standard InChI is InChI=1S/C14H15NO4/c1-7-13(16)15(2)11-4-3-8(5-12(11)19-7)9-6-10(9)14(17)18/h3-5,7,9-10H,6H2,1-2H3,(H,17,18). The van der Waals surface area contributed by atoms with E-state index in [4.69, 9.17) is 9.84 Å².